The van der Waals surface area contributed by atoms with Gasteiger partial charge in [0.2, 0.25) is 0 Å². The van der Waals surface area contributed by atoms with Crippen LogP contribution < -0.4 is 24.8 Å². The normalized spacial score (nSPS) is 12.4. The summed E-state index contributed by atoms with van der Waals surface area (Å²) < 4.78 is 16.6. The number of benzene rings is 2. The fourth-order valence-electron chi connectivity index (χ4n) is 3.32. The highest BCUT2D eigenvalue weighted by Gasteiger charge is 2.12. The smallest absolute Gasteiger partial charge is 0.191 e. The van der Waals surface area contributed by atoms with Gasteiger partial charge in [0.1, 0.15) is 5.75 Å². The van der Waals surface area contributed by atoms with E-state index in [1.807, 2.05) is 25.1 Å². The first-order valence-corrected chi connectivity index (χ1v) is 10.3. The van der Waals surface area contributed by atoms with Gasteiger partial charge < -0.3 is 24.8 Å². The lowest BCUT2D eigenvalue weighted by Gasteiger charge is -2.13. The van der Waals surface area contributed by atoms with Crippen molar-refractivity contribution in [1.82, 2.24) is 10.6 Å². The average molecular weight is 525 g/mol. The molecule has 7 heteroatoms. The monoisotopic (exact) mass is 525 g/mol. The Morgan fingerprint density at radius 3 is 2.67 bits per heavy atom. The Labute approximate surface area is 196 Å². The summed E-state index contributed by atoms with van der Waals surface area (Å²) >= 11 is 0. The van der Waals surface area contributed by atoms with E-state index in [2.05, 4.69) is 35.8 Å². The minimum atomic E-state index is 0. The number of methoxy groups -OCH3 is 1. The molecule has 0 aliphatic carbocycles. The first-order chi connectivity index (χ1) is 14.2. The van der Waals surface area contributed by atoms with Gasteiger partial charge in [-0.3, -0.25) is 0 Å². The lowest BCUT2D eigenvalue weighted by atomic mass is 10.1. The molecule has 30 heavy (non-hydrogen) atoms. The second-order valence-electron chi connectivity index (χ2n) is 6.83. The van der Waals surface area contributed by atoms with Gasteiger partial charge in [-0.2, -0.15) is 0 Å². The molecule has 6 nitrogen and oxygen atoms in total. The largest absolute Gasteiger partial charge is 0.493 e. The summed E-state index contributed by atoms with van der Waals surface area (Å²) in [7, 11) is 1.65. The molecule has 0 spiro atoms. The molecule has 1 aliphatic rings. The third-order valence-corrected chi connectivity index (χ3v) is 4.75. The van der Waals surface area contributed by atoms with E-state index in [1.165, 1.54) is 11.1 Å². The Hall–Kier alpha value is -2.16. The number of fused-ring (bicyclic) bond motifs is 1. The summed E-state index contributed by atoms with van der Waals surface area (Å²) in [6.45, 7) is 7.63. The van der Waals surface area contributed by atoms with Gasteiger partial charge in [0, 0.05) is 19.5 Å². The van der Waals surface area contributed by atoms with Gasteiger partial charge in [-0.25, -0.2) is 4.99 Å². The fourth-order valence-corrected chi connectivity index (χ4v) is 3.32. The highest BCUT2D eigenvalue weighted by Crippen LogP contribution is 2.28. The van der Waals surface area contributed by atoms with Crippen LogP contribution in [0.3, 0.4) is 0 Å². The highest BCUT2D eigenvalue weighted by molar-refractivity contribution is 14.0. The first kappa shape index (κ1) is 24.1. The molecule has 0 radical (unpaired) electrons. The maximum atomic E-state index is 5.58. The number of hydrogen-bond donors (Lipinski definition) is 2. The van der Waals surface area contributed by atoms with Gasteiger partial charge in [0.05, 0.1) is 26.9 Å². The molecule has 0 bridgehead atoms. The van der Waals surface area contributed by atoms with Crippen molar-refractivity contribution in [3.63, 3.8) is 0 Å². The van der Waals surface area contributed by atoms with Crippen molar-refractivity contribution in [3.8, 4) is 17.2 Å². The van der Waals surface area contributed by atoms with Crippen molar-refractivity contribution >= 4 is 29.9 Å². The fraction of sp³-hybridized carbons (Fsp3) is 0.435. The molecule has 0 saturated carbocycles. The molecule has 2 aromatic rings. The zero-order valence-electron chi connectivity index (χ0n) is 18.0. The van der Waals surface area contributed by atoms with Gasteiger partial charge in [-0.1, -0.05) is 18.2 Å². The van der Waals surface area contributed by atoms with E-state index in [0.29, 0.717) is 13.2 Å². The molecule has 0 amide bonds. The summed E-state index contributed by atoms with van der Waals surface area (Å²) in [6, 6.07) is 12.4. The number of aliphatic imine (C=N–C) groups is 1. The molecule has 0 aromatic heterocycles. The summed E-state index contributed by atoms with van der Waals surface area (Å²) in [5.74, 6) is 3.33. The number of nitrogens with one attached hydrogen (secondary N) is 2. The standard InChI is InChI=1S/C23H31N3O3.HI/c1-4-24-23(25-12-10-17-6-8-20-19(14-17)11-13-29-20)26-16-18-7-9-21(28-5-2)22(15-18)27-3;/h6-9,14-15H,4-5,10-13,16H2,1-3H3,(H2,24,25,26);1H. The number of halogens is 1. The molecule has 1 aliphatic heterocycles. The topological polar surface area (TPSA) is 64.1 Å². The van der Waals surface area contributed by atoms with Crippen LogP contribution in [-0.2, 0) is 19.4 Å². The predicted molar refractivity (Wildman–Crippen MR) is 132 cm³/mol. The number of hydrogen-bond acceptors (Lipinski definition) is 4. The van der Waals surface area contributed by atoms with E-state index in [4.69, 9.17) is 19.2 Å². The summed E-state index contributed by atoms with van der Waals surface area (Å²) in [5, 5.41) is 6.72. The van der Waals surface area contributed by atoms with Crippen LogP contribution in [-0.4, -0.2) is 39.4 Å². The van der Waals surface area contributed by atoms with Crippen LogP contribution in [0, 0.1) is 0 Å². The minimum absolute atomic E-state index is 0. The SMILES string of the molecule is CCNC(=NCc1ccc(OCC)c(OC)c1)NCCc1ccc2c(c1)CCO2.I. The Morgan fingerprint density at radius 2 is 1.90 bits per heavy atom. The van der Waals surface area contributed by atoms with E-state index >= 15 is 0 Å². The molecule has 0 atom stereocenters. The van der Waals surface area contributed by atoms with Crippen LogP contribution in [0.15, 0.2) is 41.4 Å². The first-order valence-electron chi connectivity index (χ1n) is 10.3. The number of guanidine groups is 1. The molecular weight excluding hydrogens is 493 g/mol. The summed E-state index contributed by atoms with van der Waals surface area (Å²) in [5.41, 5.74) is 3.70. The van der Waals surface area contributed by atoms with Crippen molar-refractivity contribution < 1.29 is 14.2 Å². The third kappa shape index (κ3) is 6.68. The van der Waals surface area contributed by atoms with Gasteiger partial charge in [0.15, 0.2) is 17.5 Å². The van der Waals surface area contributed by atoms with Crippen LogP contribution in [0.4, 0.5) is 0 Å². The van der Waals surface area contributed by atoms with Crippen molar-refractivity contribution in [2.45, 2.75) is 33.2 Å². The van der Waals surface area contributed by atoms with Crippen molar-refractivity contribution in [2.24, 2.45) is 4.99 Å². The Kier molecular flexibility index (Phi) is 10.1. The molecule has 2 N–H and O–H groups in total. The molecule has 0 fully saturated rings. The number of ether oxygens (including phenoxy) is 3. The van der Waals surface area contributed by atoms with Crippen molar-refractivity contribution in [3.05, 3.63) is 53.1 Å². The van der Waals surface area contributed by atoms with Gasteiger partial charge in [0.25, 0.3) is 0 Å². The third-order valence-electron chi connectivity index (χ3n) is 4.75. The second kappa shape index (κ2) is 12.5. The van der Waals surface area contributed by atoms with Crippen LogP contribution in [0.5, 0.6) is 17.2 Å². The zero-order chi connectivity index (χ0) is 20.5. The van der Waals surface area contributed by atoms with Gasteiger partial charge in [-0.05, 0) is 55.2 Å². The van der Waals surface area contributed by atoms with Crippen LogP contribution in [0.1, 0.15) is 30.5 Å². The molecule has 2 aromatic carbocycles. The van der Waals surface area contributed by atoms with E-state index in [9.17, 15) is 0 Å². The second-order valence-corrected chi connectivity index (χ2v) is 6.83. The Balaban J connectivity index is 0.00000320. The molecular formula is C23H32IN3O3. The molecule has 164 valence electrons. The van der Waals surface area contributed by atoms with E-state index < -0.39 is 0 Å². The minimum Gasteiger partial charge on any atom is -0.493 e. The Morgan fingerprint density at radius 1 is 1.07 bits per heavy atom. The molecule has 0 unspecified atom stereocenters. The van der Waals surface area contributed by atoms with Crippen molar-refractivity contribution in [2.75, 3.05) is 33.4 Å². The quantitative estimate of drug-likeness (QED) is 0.295. The van der Waals surface area contributed by atoms with Crippen LogP contribution >= 0.6 is 24.0 Å². The maximum Gasteiger partial charge on any atom is 0.191 e. The lowest BCUT2D eigenvalue weighted by Crippen LogP contribution is -2.38. The lowest BCUT2D eigenvalue weighted by molar-refractivity contribution is 0.310. The Bertz CT molecular complexity index is 842. The average Bonchev–Trinajstić information content (AvgIpc) is 3.21. The molecule has 3 rings (SSSR count). The molecule has 0 saturated heterocycles. The van der Waals surface area contributed by atoms with E-state index in [1.54, 1.807) is 7.11 Å². The summed E-state index contributed by atoms with van der Waals surface area (Å²) in [6.07, 6.45) is 1.95. The maximum absolute atomic E-state index is 5.58. The van der Waals surface area contributed by atoms with Crippen LogP contribution in [0.2, 0.25) is 0 Å². The van der Waals surface area contributed by atoms with E-state index in [0.717, 1.165) is 61.3 Å². The predicted octanol–water partition coefficient (Wildman–Crippen LogP) is 3.94. The molecule has 1 heterocycles. The van der Waals surface area contributed by atoms with Crippen molar-refractivity contribution in [1.29, 1.82) is 0 Å². The zero-order valence-corrected chi connectivity index (χ0v) is 20.3. The number of nitrogens with zero attached hydrogens (tertiary/aromatic N) is 1. The highest BCUT2D eigenvalue weighted by atomic mass is 127. The number of rotatable bonds is 9. The van der Waals surface area contributed by atoms with Gasteiger partial charge in [-0.15, -0.1) is 24.0 Å². The van der Waals surface area contributed by atoms with E-state index in [-0.39, 0.29) is 24.0 Å². The summed E-state index contributed by atoms with van der Waals surface area (Å²) in [4.78, 5) is 4.70. The van der Waals surface area contributed by atoms with Crippen LogP contribution in [0.25, 0.3) is 0 Å². The van der Waals surface area contributed by atoms with Gasteiger partial charge >= 0.3 is 0 Å².